The standard InChI is InChI=1S/C21H25N3O2/c22-19(14-16-7-2-1-3-8-16)21(26)23-18-10-6-9-17(13-18)15-24-12-5-4-11-20(24)25/h1-3,6-10,13,19H,4-5,11-12,14-15,22H2,(H,23,26)/t19-/m0/s1. The molecule has 0 unspecified atom stereocenters. The number of hydrogen-bond donors (Lipinski definition) is 2. The molecule has 5 nitrogen and oxygen atoms in total. The Morgan fingerprint density at radius 3 is 2.62 bits per heavy atom. The van der Waals surface area contributed by atoms with Crippen molar-refractivity contribution in [3.8, 4) is 0 Å². The van der Waals surface area contributed by atoms with Gasteiger partial charge in [-0.05, 0) is 42.5 Å². The molecule has 1 atom stereocenters. The van der Waals surface area contributed by atoms with Crippen molar-refractivity contribution >= 4 is 17.5 Å². The molecular formula is C21H25N3O2. The van der Waals surface area contributed by atoms with E-state index in [0.717, 1.165) is 30.5 Å². The summed E-state index contributed by atoms with van der Waals surface area (Å²) < 4.78 is 0. The maximum absolute atomic E-state index is 12.4. The fourth-order valence-electron chi connectivity index (χ4n) is 3.19. The van der Waals surface area contributed by atoms with Gasteiger partial charge >= 0.3 is 0 Å². The number of nitrogens with one attached hydrogen (secondary N) is 1. The molecule has 0 aliphatic carbocycles. The van der Waals surface area contributed by atoms with Crippen LogP contribution in [0.1, 0.15) is 30.4 Å². The minimum Gasteiger partial charge on any atom is -0.338 e. The van der Waals surface area contributed by atoms with Crippen LogP contribution < -0.4 is 11.1 Å². The molecule has 0 saturated carbocycles. The quantitative estimate of drug-likeness (QED) is 0.840. The first-order valence-corrected chi connectivity index (χ1v) is 9.09. The molecule has 1 saturated heterocycles. The highest BCUT2D eigenvalue weighted by atomic mass is 16.2. The maximum Gasteiger partial charge on any atom is 0.241 e. The maximum atomic E-state index is 12.4. The lowest BCUT2D eigenvalue weighted by molar-refractivity contribution is -0.133. The molecule has 0 bridgehead atoms. The van der Waals surface area contributed by atoms with Crippen LogP contribution in [0.25, 0.3) is 0 Å². The molecule has 2 amide bonds. The third-order valence-corrected chi connectivity index (χ3v) is 4.62. The highest BCUT2D eigenvalue weighted by Crippen LogP contribution is 2.17. The number of amides is 2. The van der Waals surface area contributed by atoms with Crippen molar-refractivity contribution in [2.75, 3.05) is 11.9 Å². The predicted molar refractivity (Wildman–Crippen MR) is 102 cm³/mol. The minimum absolute atomic E-state index is 0.204. The molecule has 1 aliphatic rings. The zero-order valence-corrected chi connectivity index (χ0v) is 14.9. The normalized spacial score (nSPS) is 15.6. The second kappa shape index (κ2) is 8.63. The summed E-state index contributed by atoms with van der Waals surface area (Å²) >= 11 is 0. The molecule has 0 radical (unpaired) electrons. The Bertz CT molecular complexity index is 761. The Labute approximate surface area is 154 Å². The van der Waals surface area contributed by atoms with Gasteiger partial charge in [-0.15, -0.1) is 0 Å². The number of nitrogens with zero attached hydrogens (tertiary/aromatic N) is 1. The van der Waals surface area contributed by atoms with E-state index in [9.17, 15) is 9.59 Å². The monoisotopic (exact) mass is 351 g/mol. The van der Waals surface area contributed by atoms with Gasteiger partial charge in [-0.25, -0.2) is 0 Å². The summed E-state index contributed by atoms with van der Waals surface area (Å²) in [6, 6.07) is 16.7. The van der Waals surface area contributed by atoms with E-state index in [-0.39, 0.29) is 11.8 Å². The molecule has 1 fully saturated rings. The molecule has 0 aromatic heterocycles. The second-order valence-electron chi connectivity index (χ2n) is 6.76. The van der Waals surface area contributed by atoms with E-state index in [0.29, 0.717) is 25.1 Å². The summed E-state index contributed by atoms with van der Waals surface area (Å²) in [7, 11) is 0. The third kappa shape index (κ3) is 4.92. The van der Waals surface area contributed by atoms with Crippen LogP contribution in [0.3, 0.4) is 0 Å². The first kappa shape index (κ1) is 18.1. The molecule has 3 rings (SSSR count). The third-order valence-electron chi connectivity index (χ3n) is 4.62. The van der Waals surface area contributed by atoms with E-state index in [1.807, 2.05) is 59.5 Å². The summed E-state index contributed by atoms with van der Waals surface area (Å²) in [5, 5.41) is 2.88. The van der Waals surface area contributed by atoms with Crippen LogP contribution in [0, 0.1) is 0 Å². The summed E-state index contributed by atoms with van der Waals surface area (Å²) in [5.41, 5.74) is 8.79. The Morgan fingerprint density at radius 2 is 1.85 bits per heavy atom. The lowest BCUT2D eigenvalue weighted by Crippen LogP contribution is -2.37. The van der Waals surface area contributed by atoms with E-state index in [1.165, 1.54) is 0 Å². The Kier molecular flexibility index (Phi) is 6.02. The number of carbonyl (C=O) groups excluding carboxylic acids is 2. The van der Waals surface area contributed by atoms with Crippen molar-refractivity contribution in [1.82, 2.24) is 4.90 Å². The van der Waals surface area contributed by atoms with Crippen molar-refractivity contribution in [1.29, 1.82) is 0 Å². The van der Waals surface area contributed by atoms with E-state index in [1.54, 1.807) is 0 Å². The topological polar surface area (TPSA) is 75.4 Å². The predicted octanol–water partition coefficient (Wildman–Crippen LogP) is 2.71. The molecule has 3 N–H and O–H groups in total. The molecule has 2 aromatic rings. The van der Waals surface area contributed by atoms with Gasteiger partial charge in [-0.3, -0.25) is 9.59 Å². The molecule has 136 valence electrons. The van der Waals surface area contributed by atoms with Gasteiger partial charge in [0.25, 0.3) is 0 Å². The van der Waals surface area contributed by atoms with Crippen LogP contribution in [-0.2, 0) is 22.6 Å². The SMILES string of the molecule is N[C@@H](Cc1ccccc1)C(=O)Nc1cccc(CN2CCCCC2=O)c1. The molecule has 26 heavy (non-hydrogen) atoms. The van der Waals surface area contributed by atoms with E-state index in [4.69, 9.17) is 5.73 Å². The zero-order chi connectivity index (χ0) is 18.4. The number of rotatable bonds is 6. The van der Waals surface area contributed by atoms with Gasteiger partial charge in [0.15, 0.2) is 0 Å². The van der Waals surface area contributed by atoms with E-state index < -0.39 is 6.04 Å². The highest BCUT2D eigenvalue weighted by molar-refractivity contribution is 5.94. The van der Waals surface area contributed by atoms with Crippen molar-refractivity contribution in [3.63, 3.8) is 0 Å². The van der Waals surface area contributed by atoms with Crippen LogP contribution in [0.2, 0.25) is 0 Å². The average Bonchev–Trinajstić information content (AvgIpc) is 2.65. The summed E-state index contributed by atoms with van der Waals surface area (Å²) in [6.45, 7) is 1.38. The lowest BCUT2D eigenvalue weighted by atomic mass is 10.1. The smallest absolute Gasteiger partial charge is 0.241 e. The van der Waals surface area contributed by atoms with Crippen LogP contribution in [0.4, 0.5) is 5.69 Å². The second-order valence-corrected chi connectivity index (χ2v) is 6.76. The number of hydrogen-bond acceptors (Lipinski definition) is 3. The number of nitrogens with two attached hydrogens (primary N) is 1. The van der Waals surface area contributed by atoms with Gasteiger partial charge in [0, 0.05) is 25.2 Å². The molecular weight excluding hydrogens is 326 g/mol. The van der Waals surface area contributed by atoms with Crippen LogP contribution in [0.15, 0.2) is 54.6 Å². The number of anilines is 1. The Hall–Kier alpha value is -2.66. The van der Waals surface area contributed by atoms with Crippen molar-refractivity contribution in [2.24, 2.45) is 5.73 Å². The van der Waals surface area contributed by atoms with Crippen molar-refractivity contribution in [3.05, 3.63) is 65.7 Å². The van der Waals surface area contributed by atoms with Gasteiger partial charge in [0.1, 0.15) is 0 Å². The van der Waals surface area contributed by atoms with Gasteiger partial charge < -0.3 is 16.0 Å². The van der Waals surface area contributed by atoms with Crippen molar-refractivity contribution in [2.45, 2.75) is 38.3 Å². The first-order chi connectivity index (χ1) is 12.6. The van der Waals surface area contributed by atoms with Gasteiger partial charge in [-0.1, -0.05) is 42.5 Å². The number of likely N-dealkylation sites (tertiary alicyclic amines) is 1. The molecule has 2 aromatic carbocycles. The van der Waals surface area contributed by atoms with E-state index in [2.05, 4.69) is 5.32 Å². The molecule has 0 spiro atoms. The Balaban J connectivity index is 1.59. The van der Waals surface area contributed by atoms with Gasteiger partial charge in [0.05, 0.1) is 6.04 Å². The molecule has 1 heterocycles. The average molecular weight is 351 g/mol. The summed E-state index contributed by atoms with van der Waals surface area (Å²) in [4.78, 5) is 26.2. The minimum atomic E-state index is -0.607. The number of carbonyl (C=O) groups is 2. The fraction of sp³-hybridized carbons (Fsp3) is 0.333. The van der Waals surface area contributed by atoms with Gasteiger partial charge in [-0.2, -0.15) is 0 Å². The highest BCUT2D eigenvalue weighted by Gasteiger charge is 2.18. The Morgan fingerprint density at radius 1 is 1.08 bits per heavy atom. The lowest BCUT2D eigenvalue weighted by Gasteiger charge is -2.27. The zero-order valence-electron chi connectivity index (χ0n) is 14.9. The van der Waals surface area contributed by atoms with Crippen LogP contribution in [0.5, 0.6) is 0 Å². The summed E-state index contributed by atoms with van der Waals surface area (Å²) in [6.07, 6.45) is 3.15. The first-order valence-electron chi connectivity index (χ1n) is 9.09. The van der Waals surface area contributed by atoms with E-state index >= 15 is 0 Å². The van der Waals surface area contributed by atoms with Crippen LogP contribution in [-0.4, -0.2) is 29.3 Å². The molecule has 1 aliphatic heterocycles. The van der Waals surface area contributed by atoms with Gasteiger partial charge in [0.2, 0.25) is 11.8 Å². The summed E-state index contributed by atoms with van der Waals surface area (Å²) in [5.74, 6) is -0.00405. The number of benzene rings is 2. The van der Waals surface area contributed by atoms with Crippen LogP contribution >= 0.6 is 0 Å². The molecule has 5 heteroatoms. The largest absolute Gasteiger partial charge is 0.338 e. The van der Waals surface area contributed by atoms with Crippen molar-refractivity contribution < 1.29 is 9.59 Å². The fourth-order valence-corrected chi connectivity index (χ4v) is 3.19. The number of piperidine rings is 1.